The standard InChI is InChI=1S/C8H16N2O2/c1-2-3-9-8(11)4-10-7-5-12-6-7/h7,10H,2-6H2,1H3,(H,9,11). The molecule has 1 heterocycles. The predicted octanol–water partition coefficient (Wildman–Crippen LogP) is -0.499. The van der Waals surface area contributed by atoms with E-state index in [1.165, 1.54) is 0 Å². The van der Waals surface area contributed by atoms with E-state index in [1.807, 2.05) is 6.92 Å². The van der Waals surface area contributed by atoms with Gasteiger partial charge in [-0.1, -0.05) is 6.92 Å². The molecule has 0 aliphatic carbocycles. The first kappa shape index (κ1) is 9.48. The Labute approximate surface area is 72.7 Å². The molecule has 1 amide bonds. The van der Waals surface area contributed by atoms with E-state index in [-0.39, 0.29) is 5.91 Å². The third-order valence-corrected chi connectivity index (χ3v) is 1.76. The smallest absolute Gasteiger partial charge is 0.233 e. The van der Waals surface area contributed by atoms with Crippen LogP contribution in [0.5, 0.6) is 0 Å². The van der Waals surface area contributed by atoms with Crippen LogP contribution in [0.1, 0.15) is 13.3 Å². The lowest BCUT2D eigenvalue weighted by Crippen LogP contribution is -2.49. The van der Waals surface area contributed by atoms with Crippen LogP contribution in [0.25, 0.3) is 0 Å². The first-order chi connectivity index (χ1) is 5.83. The average molecular weight is 172 g/mol. The van der Waals surface area contributed by atoms with Gasteiger partial charge < -0.3 is 15.4 Å². The van der Waals surface area contributed by atoms with E-state index >= 15 is 0 Å². The van der Waals surface area contributed by atoms with Crippen LogP contribution in [0.15, 0.2) is 0 Å². The summed E-state index contributed by atoms with van der Waals surface area (Å²) in [5.74, 6) is 0.0729. The van der Waals surface area contributed by atoms with Gasteiger partial charge in [0.05, 0.1) is 25.8 Å². The van der Waals surface area contributed by atoms with Crippen LogP contribution in [-0.2, 0) is 9.53 Å². The minimum atomic E-state index is 0.0729. The highest BCUT2D eigenvalue weighted by molar-refractivity contribution is 5.77. The van der Waals surface area contributed by atoms with Crippen molar-refractivity contribution in [2.75, 3.05) is 26.3 Å². The summed E-state index contributed by atoms with van der Waals surface area (Å²) < 4.78 is 4.95. The average Bonchev–Trinajstić information content (AvgIpc) is 1.98. The zero-order valence-electron chi connectivity index (χ0n) is 7.43. The van der Waals surface area contributed by atoms with Gasteiger partial charge in [0.25, 0.3) is 0 Å². The number of hydrogen-bond acceptors (Lipinski definition) is 3. The summed E-state index contributed by atoms with van der Waals surface area (Å²) in [6.07, 6.45) is 0.984. The van der Waals surface area contributed by atoms with Crippen LogP contribution in [0.4, 0.5) is 0 Å². The van der Waals surface area contributed by atoms with Gasteiger partial charge in [0.15, 0.2) is 0 Å². The lowest BCUT2D eigenvalue weighted by Gasteiger charge is -2.26. The van der Waals surface area contributed by atoms with Gasteiger partial charge in [-0.25, -0.2) is 0 Å². The highest BCUT2D eigenvalue weighted by atomic mass is 16.5. The third-order valence-electron chi connectivity index (χ3n) is 1.76. The lowest BCUT2D eigenvalue weighted by atomic mass is 10.2. The molecule has 0 bridgehead atoms. The monoisotopic (exact) mass is 172 g/mol. The summed E-state index contributed by atoms with van der Waals surface area (Å²) in [4.78, 5) is 11.0. The third kappa shape index (κ3) is 3.19. The molecule has 0 atom stereocenters. The van der Waals surface area contributed by atoms with Crippen molar-refractivity contribution in [2.45, 2.75) is 19.4 Å². The summed E-state index contributed by atoms with van der Waals surface area (Å²) in [7, 11) is 0. The van der Waals surface area contributed by atoms with Gasteiger partial charge in [-0.2, -0.15) is 0 Å². The number of hydrogen-bond donors (Lipinski definition) is 2. The normalized spacial score (nSPS) is 17.1. The van der Waals surface area contributed by atoms with E-state index in [4.69, 9.17) is 4.74 Å². The van der Waals surface area contributed by atoms with Crippen LogP contribution in [0.2, 0.25) is 0 Å². The quantitative estimate of drug-likeness (QED) is 0.588. The topological polar surface area (TPSA) is 50.4 Å². The van der Waals surface area contributed by atoms with Gasteiger partial charge in [-0.15, -0.1) is 0 Å². The second-order valence-electron chi connectivity index (χ2n) is 2.97. The van der Waals surface area contributed by atoms with Crippen LogP contribution < -0.4 is 10.6 Å². The SMILES string of the molecule is CCCNC(=O)CNC1COC1. The summed E-state index contributed by atoms with van der Waals surface area (Å²) in [6, 6.07) is 0.386. The summed E-state index contributed by atoms with van der Waals surface area (Å²) in [6.45, 7) is 4.69. The van der Waals surface area contributed by atoms with E-state index in [0.29, 0.717) is 12.6 Å². The van der Waals surface area contributed by atoms with Crippen molar-refractivity contribution < 1.29 is 9.53 Å². The number of carbonyl (C=O) groups is 1. The Morgan fingerprint density at radius 3 is 2.83 bits per heavy atom. The molecular weight excluding hydrogens is 156 g/mol. The molecule has 1 saturated heterocycles. The first-order valence-electron chi connectivity index (χ1n) is 4.40. The Morgan fingerprint density at radius 2 is 2.33 bits per heavy atom. The zero-order valence-corrected chi connectivity index (χ0v) is 7.43. The zero-order chi connectivity index (χ0) is 8.81. The maximum atomic E-state index is 11.0. The van der Waals surface area contributed by atoms with Crippen molar-refractivity contribution in [1.82, 2.24) is 10.6 Å². The van der Waals surface area contributed by atoms with Crippen molar-refractivity contribution in [3.05, 3.63) is 0 Å². The molecule has 2 N–H and O–H groups in total. The van der Waals surface area contributed by atoms with Crippen molar-refractivity contribution >= 4 is 5.91 Å². The maximum Gasteiger partial charge on any atom is 0.233 e. The van der Waals surface area contributed by atoms with Crippen molar-refractivity contribution in [3.8, 4) is 0 Å². The molecule has 4 heteroatoms. The Morgan fingerprint density at radius 1 is 1.58 bits per heavy atom. The first-order valence-corrected chi connectivity index (χ1v) is 4.40. The Balaban J connectivity index is 1.94. The van der Waals surface area contributed by atoms with Gasteiger partial charge in [0, 0.05) is 6.54 Å². The number of rotatable bonds is 5. The fourth-order valence-electron chi connectivity index (χ4n) is 0.918. The molecule has 0 radical (unpaired) electrons. The largest absolute Gasteiger partial charge is 0.378 e. The Kier molecular flexibility index (Phi) is 4.04. The minimum Gasteiger partial charge on any atom is -0.378 e. The number of amides is 1. The number of nitrogens with one attached hydrogen (secondary N) is 2. The summed E-state index contributed by atoms with van der Waals surface area (Å²) in [5.41, 5.74) is 0. The molecule has 1 rings (SSSR count). The van der Waals surface area contributed by atoms with Crippen molar-refractivity contribution in [2.24, 2.45) is 0 Å². The molecule has 0 aromatic rings. The van der Waals surface area contributed by atoms with Gasteiger partial charge in [-0.05, 0) is 6.42 Å². The van der Waals surface area contributed by atoms with E-state index < -0.39 is 0 Å². The van der Waals surface area contributed by atoms with Crippen LogP contribution in [-0.4, -0.2) is 38.3 Å². The summed E-state index contributed by atoms with van der Waals surface area (Å²) in [5, 5.41) is 5.88. The van der Waals surface area contributed by atoms with E-state index in [0.717, 1.165) is 26.2 Å². The fraction of sp³-hybridized carbons (Fsp3) is 0.875. The fourth-order valence-corrected chi connectivity index (χ4v) is 0.918. The van der Waals surface area contributed by atoms with E-state index in [2.05, 4.69) is 10.6 Å². The minimum absolute atomic E-state index is 0.0729. The highest BCUT2D eigenvalue weighted by Gasteiger charge is 2.17. The molecule has 4 nitrogen and oxygen atoms in total. The molecule has 0 saturated carbocycles. The van der Waals surface area contributed by atoms with Gasteiger partial charge in [0.1, 0.15) is 0 Å². The molecule has 0 aromatic heterocycles. The van der Waals surface area contributed by atoms with Crippen LogP contribution in [0, 0.1) is 0 Å². The van der Waals surface area contributed by atoms with Crippen LogP contribution >= 0.6 is 0 Å². The van der Waals surface area contributed by atoms with Gasteiger partial charge in [-0.3, -0.25) is 4.79 Å². The molecule has 1 fully saturated rings. The number of ether oxygens (including phenoxy) is 1. The van der Waals surface area contributed by atoms with E-state index in [9.17, 15) is 4.79 Å². The highest BCUT2D eigenvalue weighted by Crippen LogP contribution is 1.97. The Hall–Kier alpha value is -0.610. The molecule has 12 heavy (non-hydrogen) atoms. The van der Waals surface area contributed by atoms with Crippen molar-refractivity contribution in [3.63, 3.8) is 0 Å². The van der Waals surface area contributed by atoms with Crippen molar-refractivity contribution in [1.29, 1.82) is 0 Å². The molecular formula is C8H16N2O2. The predicted molar refractivity (Wildman–Crippen MR) is 45.9 cm³/mol. The number of carbonyl (C=O) groups excluding carboxylic acids is 1. The molecule has 0 aromatic carbocycles. The molecule has 1 aliphatic heterocycles. The second-order valence-corrected chi connectivity index (χ2v) is 2.97. The van der Waals surface area contributed by atoms with Gasteiger partial charge in [0.2, 0.25) is 5.91 Å². The molecule has 0 spiro atoms. The molecule has 1 aliphatic rings. The maximum absolute atomic E-state index is 11.0. The molecule has 0 unspecified atom stereocenters. The van der Waals surface area contributed by atoms with Gasteiger partial charge >= 0.3 is 0 Å². The van der Waals surface area contributed by atoms with Crippen LogP contribution in [0.3, 0.4) is 0 Å². The Bertz CT molecular complexity index is 146. The molecule has 70 valence electrons. The lowest BCUT2D eigenvalue weighted by molar-refractivity contribution is -0.121. The second kappa shape index (κ2) is 5.11. The summed E-state index contributed by atoms with van der Waals surface area (Å²) >= 11 is 0. The van der Waals surface area contributed by atoms with E-state index in [1.54, 1.807) is 0 Å².